The molecule has 2 aliphatic heterocycles. The zero-order chi connectivity index (χ0) is 13.7. The van der Waals surface area contributed by atoms with Crippen molar-refractivity contribution in [2.24, 2.45) is 0 Å². The molecule has 0 aromatic carbocycles. The lowest BCUT2D eigenvalue weighted by Gasteiger charge is -2.36. The lowest BCUT2D eigenvalue weighted by atomic mass is 10.1. The summed E-state index contributed by atoms with van der Waals surface area (Å²) in [7, 11) is 0. The first-order chi connectivity index (χ1) is 9.16. The van der Waals surface area contributed by atoms with Gasteiger partial charge < -0.3 is 20.1 Å². The highest BCUT2D eigenvalue weighted by molar-refractivity contribution is 7.99. The molecule has 0 aromatic heterocycles. The number of hydrogen-bond acceptors (Lipinski definition) is 5. The molecule has 2 rings (SSSR count). The summed E-state index contributed by atoms with van der Waals surface area (Å²) in [6, 6.07) is -0.180. The minimum atomic E-state index is -0.846. The van der Waals surface area contributed by atoms with Crippen LogP contribution in [0.1, 0.15) is 12.8 Å². The van der Waals surface area contributed by atoms with Crippen LogP contribution in [0.4, 0.5) is 0 Å². The minimum absolute atomic E-state index is 0.0141. The van der Waals surface area contributed by atoms with E-state index in [0.717, 1.165) is 12.3 Å². The second-order valence-corrected chi connectivity index (χ2v) is 5.96. The standard InChI is InChI=1S/C12H20N2O4S/c15-11(6-10-7-13-1-3-18-10)14-2-4-19-8-9(14)5-12(16)17/h9-10,13H,1-8H2,(H,16,17). The van der Waals surface area contributed by atoms with Crippen molar-refractivity contribution >= 4 is 23.6 Å². The van der Waals surface area contributed by atoms with Crippen molar-refractivity contribution in [3.05, 3.63) is 0 Å². The van der Waals surface area contributed by atoms with E-state index in [4.69, 9.17) is 9.84 Å². The number of aliphatic carboxylic acids is 1. The molecule has 2 unspecified atom stereocenters. The number of carbonyl (C=O) groups is 2. The Balaban J connectivity index is 1.88. The van der Waals surface area contributed by atoms with Crippen LogP contribution in [0.3, 0.4) is 0 Å². The molecule has 2 atom stereocenters. The molecule has 19 heavy (non-hydrogen) atoms. The Kier molecular flexibility index (Phi) is 5.47. The predicted molar refractivity (Wildman–Crippen MR) is 72.3 cm³/mol. The van der Waals surface area contributed by atoms with Crippen molar-refractivity contribution in [1.82, 2.24) is 10.2 Å². The van der Waals surface area contributed by atoms with E-state index in [1.165, 1.54) is 0 Å². The third-order valence-electron chi connectivity index (χ3n) is 3.36. The van der Waals surface area contributed by atoms with E-state index in [1.54, 1.807) is 16.7 Å². The van der Waals surface area contributed by atoms with Crippen molar-refractivity contribution in [2.75, 3.05) is 37.7 Å². The molecule has 2 fully saturated rings. The number of ether oxygens (including phenoxy) is 1. The van der Waals surface area contributed by atoms with Gasteiger partial charge in [-0.15, -0.1) is 0 Å². The van der Waals surface area contributed by atoms with E-state index in [2.05, 4.69) is 5.32 Å². The highest BCUT2D eigenvalue weighted by Crippen LogP contribution is 2.20. The minimum Gasteiger partial charge on any atom is -0.481 e. The molecule has 0 bridgehead atoms. The van der Waals surface area contributed by atoms with E-state index < -0.39 is 5.97 Å². The topological polar surface area (TPSA) is 78.9 Å². The molecule has 0 aromatic rings. The Morgan fingerprint density at radius 2 is 2.26 bits per heavy atom. The van der Waals surface area contributed by atoms with Crippen molar-refractivity contribution in [3.8, 4) is 0 Å². The molecule has 0 radical (unpaired) electrons. The molecular weight excluding hydrogens is 268 g/mol. The number of carbonyl (C=O) groups excluding carboxylic acids is 1. The van der Waals surface area contributed by atoms with Crippen LogP contribution >= 0.6 is 11.8 Å². The Morgan fingerprint density at radius 1 is 1.42 bits per heavy atom. The van der Waals surface area contributed by atoms with E-state index in [1.807, 2.05) is 0 Å². The zero-order valence-corrected chi connectivity index (χ0v) is 11.7. The van der Waals surface area contributed by atoms with Crippen LogP contribution in [0.25, 0.3) is 0 Å². The number of amides is 1. The number of rotatable bonds is 4. The summed E-state index contributed by atoms with van der Waals surface area (Å²) in [4.78, 5) is 24.8. The van der Waals surface area contributed by atoms with Crippen LogP contribution in [0.5, 0.6) is 0 Å². The van der Waals surface area contributed by atoms with Gasteiger partial charge in [-0.25, -0.2) is 0 Å². The van der Waals surface area contributed by atoms with Gasteiger partial charge in [-0.3, -0.25) is 9.59 Å². The molecule has 2 N–H and O–H groups in total. The van der Waals surface area contributed by atoms with Gasteiger partial charge >= 0.3 is 5.97 Å². The van der Waals surface area contributed by atoms with Crippen LogP contribution < -0.4 is 5.32 Å². The van der Waals surface area contributed by atoms with Gasteiger partial charge in [0.1, 0.15) is 0 Å². The highest BCUT2D eigenvalue weighted by Gasteiger charge is 2.30. The Labute approximate surface area is 116 Å². The first kappa shape index (κ1) is 14.6. The third-order valence-corrected chi connectivity index (χ3v) is 4.46. The highest BCUT2D eigenvalue weighted by atomic mass is 32.2. The van der Waals surface area contributed by atoms with Gasteiger partial charge in [-0.05, 0) is 0 Å². The van der Waals surface area contributed by atoms with Crippen LogP contribution in [0.2, 0.25) is 0 Å². The van der Waals surface area contributed by atoms with Crippen LogP contribution in [-0.4, -0.2) is 71.8 Å². The normalized spacial score (nSPS) is 28.1. The fourth-order valence-corrected chi connectivity index (χ4v) is 3.48. The maximum Gasteiger partial charge on any atom is 0.305 e. The monoisotopic (exact) mass is 288 g/mol. The molecule has 0 spiro atoms. The average molecular weight is 288 g/mol. The maximum absolute atomic E-state index is 12.3. The number of carboxylic acids is 1. The fourth-order valence-electron chi connectivity index (χ4n) is 2.42. The van der Waals surface area contributed by atoms with E-state index >= 15 is 0 Å². The number of nitrogens with zero attached hydrogens (tertiary/aromatic N) is 1. The maximum atomic E-state index is 12.3. The van der Waals surface area contributed by atoms with E-state index in [9.17, 15) is 9.59 Å². The summed E-state index contributed by atoms with van der Waals surface area (Å²) >= 11 is 1.71. The zero-order valence-electron chi connectivity index (χ0n) is 10.8. The quantitative estimate of drug-likeness (QED) is 0.745. The summed E-state index contributed by atoms with van der Waals surface area (Å²) in [6.07, 6.45) is 0.289. The molecule has 2 heterocycles. The Morgan fingerprint density at radius 3 is 2.95 bits per heavy atom. The van der Waals surface area contributed by atoms with Gasteiger partial charge in [0.15, 0.2) is 0 Å². The average Bonchev–Trinajstić information content (AvgIpc) is 2.39. The van der Waals surface area contributed by atoms with Gasteiger partial charge in [-0.1, -0.05) is 0 Å². The van der Waals surface area contributed by atoms with Crippen molar-refractivity contribution in [2.45, 2.75) is 25.0 Å². The van der Waals surface area contributed by atoms with Gasteiger partial charge in [0.05, 0.1) is 31.6 Å². The van der Waals surface area contributed by atoms with Crippen LogP contribution in [0.15, 0.2) is 0 Å². The molecular formula is C12H20N2O4S. The molecule has 6 nitrogen and oxygen atoms in total. The van der Waals surface area contributed by atoms with Crippen LogP contribution in [-0.2, 0) is 14.3 Å². The number of thioether (sulfide) groups is 1. The predicted octanol–water partition coefficient (Wildman–Crippen LogP) is -0.216. The molecule has 108 valence electrons. The molecule has 0 saturated carbocycles. The molecule has 0 aliphatic carbocycles. The van der Waals surface area contributed by atoms with E-state index in [0.29, 0.717) is 31.9 Å². The van der Waals surface area contributed by atoms with Crippen molar-refractivity contribution in [3.63, 3.8) is 0 Å². The van der Waals surface area contributed by atoms with Gasteiger partial charge in [0, 0.05) is 31.1 Å². The smallest absolute Gasteiger partial charge is 0.305 e. The second kappa shape index (κ2) is 7.12. The second-order valence-electron chi connectivity index (χ2n) is 4.81. The fraction of sp³-hybridized carbons (Fsp3) is 0.833. The SMILES string of the molecule is O=C(O)CC1CSCCN1C(=O)CC1CNCCO1. The van der Waals surface area contributed by atoms with Gasteiger partial charge in [-0.2, -0.15) is 11.8 Å². The number of nitrogens with one attached hydrogen (secondary N) is 1. The third kappa shape index (κ3) is 4.36. The molecule has 2 aliphatic rings. The lowest BCUT2D eigenvalue weighted by molar-refractivity contribution is -0.141. The number of morpholine rings is 1. The number of hydrogen-bond donors (Lipinski definition) is 2. The van der Waals surface area contributed by atoms with Crippen LogP contribution in [0, 0.1) is 0 Å². The summed E-state index contributed by atoms with van der Waals surface area (Å²) in [5, 5.41) is 12.1. The largest absolute Gasteiger partial charge is 0.481 e. The first-order valence-corrected chi connectivity index (χ1v) is 7.73. The lowest BCUT2D eigenvalue weighted by Crippen LogP contribution is -2.49. The van der Waals surface area contributed by atoms with Crippen molar-refractivity contribution in [1.29, 1.82) is 0 Å². The Bertz CT molecular complexity index is 334. The molecule has 7 heteroatoms. The van der Waals surface area contributed by atoms with Gasteiger partial charge in [0.25, 0.3) is 0 Å². The summed E-state index contributed by atoms with van der Waals surface area (Å²) in [5.74, 6) is 0.758. The summed E-state index contributed by atoms with van der Waals surface area (Å²) in [6.45, 7) is 2.79. The van der Waals surface area contributed by atoms with Gasteiger partial charge in [0.2, 0.25) is 5.91 Å². The first-order valence-electron chi connectivity index (χ1n) is 6.58. The molecule has 2 saturated heterocycles. The van der Waals surface area contributed by atoms with E-state index in [-0.39, 0.29) is 24.5 Å². The Hall–Kier alpha value is -0.790. The van der Waals surface area contributed by atoms with Crippen molar-refractivity contribution < 1.29 is 19.4 Å². The summed E-state index contributed by atoms with van der Waals surface area (Å²) in [5.41, 5.74) is 0. The molecule has 1 amide bonds. The summed E-state index contributed by atoms with van der Waals surface area (Å²) < 4.78 is 5.52. The number of carboxylic acid groups (broad SMARTS) is 1.